The molecule has 0 radical (unpaired) electrons. The van der Waals surface area contributed by atoms with Crippen LogP contribution in [0.15, 0.2) is 76.1 Å². The Balaban J connectivity index is 1.29. The van der Waals surface area contributed by atoms with Crippen LogP contribution in [-0.4, -0.2) is 36.0 Å². The summed E-state index contributed by atoms with van der Waals surface area (Å²) in [4.78, 5) is 21.0. The fourth-order valence-corrected chi connectivity index (χ4v) is 5.00. The summed E-state index contributed by atoms with van der Waals surface area (Å²) < 4.78 is 21.2. The second kappa shape index (κ2) is 11.3. The zero-order valence-electron chi connectivity index (χ0n) is 17.3. The third-order valence-electron chi connectivity index (χ3n) is 4.46. The normalized spacial score (nSPS) is 11.2. The van der Waals surface area contributed by atoms with Gasteiger partial charge in [0.1, 0.15) is 18.2 Å². The van der Waals surface area contributed by atoms with Crippen molar-refractivity contribution in [1.82, 2.24) is 10.3 Å². The highest BCUT2D eigenvalue weighted by atomic mass is 35.5. The fourth-order valence-electron chi connectivity index (χ4n) is 2.86. The number of thiazole rings is 1. The highest BCUT2D eigenvalue weighted by Gasteiger charge is 2.09. The lowest BCUT2D eigenvalue weighted by Gasteiger charge is -2.07. The predicted molar refractivity (Wildman–Crippen MR) is 134 cm³/mol. The molecule has 0 aliphatic rings. The van der Waals surface area contributed by atoms with E-state index in [0.29, 0.717) is 23.9 Å². The van der Waals surface area contributed by atoms with E-state index in [2.05, 4.69) is 15.3 Å². The number of aliphatic imine (C=N–C) groups is 1. The Bertz CT molecular complexity index is 1260. The molecule has 1 N–H and O–H groups in total. The maximum atomic E-state index is 13.9. The first-order valence-corrected chi connectivity index (χ1v) is 12.2. The summed E-state index contributed by atoms with van der Waals surface area (Å²) in [5, 5.41) is 3.15. The molecule has 1 heterocycles. The van der Waals surface area contributed by atoms with Gasteiger partial charge in [0.05, 0.1) is 33.2 Å². The van der Waals surface area contributed by atoms with Crippen LogP contribution < -0.4 is 10.1 Å². The van der Waals surface area contributed by atoms with Crippen molar-refractivity contribution in [1.29, 1.82) is 0 Å². The molecule has 0 aliphatic heterocycles. The Morgan fingerprint density at radius 3 is 2.85 bits per heavy atom. The molecule has 5 nitrogen and oxygen atoms in total. The molecule has 1 aromatic heterocycles. The van der Waals surface area contributed by atoms with E-state index in [0.717, 1.165) is 20.3 Å². The van der Waals surface area contributed by atoms with Crippen LogP contribution in [0.4, 0.5) is 10.1 Å². The quantitative estimate of drug-likeness (QED) is 0.171. The van der Waals surface area contributed by atoms with Crippen molar-refractivity contribution < 1.29 is 13.9 Å². The van der Waals surface area contributed by atoms with Crippen LogP contribution in [-0.2, 0) is 4.79 Å². The summed E-state index contributed by atoms with van der Waals surface area (Å²) in [6.07, 6.45) is 1.42. The number of nitrogens with one attached hydrogen (secondary N) is 1. The van der Waals surface area contributed by atoms with Crippen LogP contribution in [0.3, 0.4) is 0 Å². The van der Waals surface area contributed by atoms with Crippen LogP contribution in [0, 0.1) is 5.82 Å². The summed E-state index contributed by atoms with van der Waals surface area (Å²) in [5.74, 6) is 0.537. The predicted octanol–water partition coefficient (Wildman–Crippen LogP) is 6.13. The standard InChI is InChI=1S/C24H19ClFN3O2S2/c25-19-7-4-8-20(26)18(19)14-28-16-9-10-21-22(13-16)33-24(29-21)32-15-23(30)27-11-12-31-17-5-2-1-3-6-17/h1-10,13-14H,11-12,15H2,(H,27,30). The van der Waals surface area contributed by atoms with E-state index >= 15 is 0 Å². The number of para-hydroxylation sites is 1. The lowest BCUT2D eigenvalue weighted by atomic mass is 10.2. The topological polar surface area (TPSA) is 63.6 Å². The zero-order valence-corrected chi connectivity index (χ0v) is 19.7. The lowest BCUT2D eigenvalue weighted by molar-refractivity contribution is -0.118. The Kier molecular flexibility index (Phi) is 7.93. The summed E-state index contributed by atoms with van der Waals surface area (Å²) in [5.41, 5.74) is 1.74. The third-order valence-corrected chi connectivity index (χ3v) is 6.95. The number of aromatic nitrogens is 1. The average molecular weight is 500 g/mol. The number of benzene rings is 3. The van der Waals surface area contributed by atoms with E-state index in [1.165, 1.54) is 35.4 Å². The van der Waals surface area contributed by atoms with Crippen LogP contribution in [0.25, 0.3) is 10.2 Å². The van der Waals surface area contributed by atoms with Gasteiger partial charge in [0.2, 0.25) is 5.91 Å². The Morgan fingerprint density at radius 1 is 1.18 bits per heavy atom. The molecule has 9 heteroatoms. The molecule has 0 spiro atoms. The minimum absolute atomic E-state index is 0.0806. The Labute approximate surface area is 203 Å². The third kappa shape index (κ3) is 6.54. The number of fused-ring (bicyclic) bond motifs is 1. The van der Waals surface area contributed by atoms with Gasteiger partial charge in [0.15, 0.2) is 4.34 Å². The molecular weight excluding hydrogens is 481 g/mol. The molecule has 3 aromatic carbocycles. The van der Waals surface area contributed by atoms with Gasteiger partial charge in [0.25, 0.3) is 0 Å². The SMILES string of the molecule is O=C(CSc1nc2ccc(N=Cc3c(F)cccc3Cl)cc2s1)NCCOc1ccccc1. The van der Waals surface area contributed by atoms with Gasteiger partial charge in [-0.15, -0.1) is 11.3 Å². The number of nitrogens with zero attached hydrogens (tertiary/aromatic N) is 2. The van der Waals surface area contributed by atoms with Crippen LogP contribution in [0.1, 0.15) is 5.56 Å². The van der Waals surface area contributed by atoms with E-state index in [1.54, 1.807) is 18.2 Å². The molecule has 4 rings (SSSR count). The minimum Gasteiger partial charge on any atom is -0.492 e. The number of halogens is 2. The van der Waals surface area contributed by atoms with Gasteiger partial charge < -0.3 is 10.1 Å². The fraction of sp³-hybridized carbons (Fsp3) is 0.125. The molecular formula is C24H19ClFN3O2S2. The number of ether oxygens (including phenoxy) is 1. The van der Waals surface area contributed by atoms with Crippen molar-refractivity contribution in [2.75, 3.05) is 18.9 Å². The molecule has 0 fully saturated rings. The molecule has 0 saturated heterocycles. The molecule has 0 saturated carbocycles. The van der Waals surface area contributed by atoms with Gasteiger partial charge in [-0.2, -0.15) is 0 Å². The van der Waals surface area contributed by atoms with Crippen LogP contribution in [0.2, 0.25) is 5.02 Å². The molecule has 0 unspecified atom stereocenters. The largest absolute Gasteiger partial charge is 0.492 e. The van der Waals surface area contributed by atoms with E-state index in [1.807, 2.05) is 42.5 Å². The first-order chi connectivity index (χ1) is 16.1. The van der Waals surface area contributed by atoms with Crippen molar-refractivity contribution in [3.63, 3.8) is 0 Å². The number of hydrogen-bond donors (Lipinski definition) is 1. The van der Waals surface area contributed by atoms with Crippen molar-refractivity contribution in [3.8, 4) is 5.75 Å². The highest BCUT2D eigenvalue weighted by molar-refractivity contribution is 8.01. The van der Waals surface area contributed by atoms with Gasteiger partial charge in [-0.25, -0.2) is 9.37 Å². The second-order valence-electron chi connectivity index (χ2n) is 6.83. The van der Waals surface area contributed by atoms with E-state index < -0.39 is 5.82 Å². The minimum atomic E-state index is -0.422. The average Bonchev–Trinajstić information content (AvgIpc) is 3.23. The molecule has 0 aliphatic carbocycles. The molecule has 1 amide bonds. The maximum Gasteiger partial charge on any atom is 0.230 e. The first-order valence-electron chi connectivity index (χ1n) is 10.0. The summed E-state index contributed by atoms with van der Waals surface area (Å²) in [7, 11) is 0. The summed E-state index contributed by atoms with van der Waals surface area (Å²) in [6, 6.07) is 19.5. The summed E-state index contributed by atoms with van der Waals surface area (Å²) in [6.45, 7) is 0.838. The van der Waals surface area contributed by atoms with Crippen molar-refractivity contribution in [3.05, 3.63) is 83.1 Å². The number of rotatable bonds is 9. The monoisotopic (exact) mass is 499 g/mol. The highest BCUT2D eigenvalue weighted by Crippen LogP contribution is 2.32. The number of carbonyl (C=O) groups excluding carboxylic acids is 1. The number of thioether (sulfide) groups is 1. The van der Waals surface area contributed by atoms with Gasteiger partial charge in [-0.1, -0.05) is 47.6 Å². The maximum absolute atomic E-state index is 13.9. The number of carbonyl (C=O) groups is 1. The van der Waals surface area contributed by atoms with E-state index in [9.17, 15) is 9.18 Å². The van der Waals surface area contributed by atoms with Crippen molar-refractivity contribution in [2.45, 2.75) is 4.34 Å². The molecule has 0 atom stereocenters. The van der Waals surface area contributed by atoms with Gasteiger partial charge >= 0.3 is 0 Å². The summed E-state index contributed by atoms with van der Waals surface area (Å²) >= 11 is 8.90. The molecule has 33 heavy (non-hydrogen) atoms. The van der Waals surface area contributed by atoms with Crippen LogP contribution >= 0.6 is 34.7 Å². The second-order valence-corrected chi connectivity index (χ2v) is 9.49. The van der Waals surface area contributed by atoms with E-state index in [4.69, 9.17) is 16.3 Å². The first kappa shape index (κ1) is 23.2. The smallest absolute Gasteiger partial charge is 0.230 e. The van der Waals surface area contributed by atoms with Gasteiger partial charge in [-0.05, 0) is 42.5 Å². The molecule has 168 valence electrons. The van der Waals surface area contributed by atoms with E-state index in [-0.39, 0.29) is 17.2 Å². The molecule has 4 aromatic rings. The van der Waals surface area contributed by atoms with Gasteiger partial charge in [0, 0.05) is 11.8 Å². The number of amides is 1. The lowest BCUT2D eigenvalue weighted by Crippen LogP contribution is -2.29. The van der Waals surface area contributed by atoms with Gasteiger partial charge in [-0.3, -0.25) is 9.79 Å². The Morgan fingerprint density at radius 2 is 2.03 bits per heavy atom. The number of hydrogen-bond acceptors (Lipinski definition) is 6. The zero-order chi connectivity index (χ0) is 23.0. The van der Waals surface area contributed by atoms with Crippen molar-refractivity contribution in [2.24, 2.45) is 4.99 Å². The van der Waals surface area contributed by atoms with Crippen LogP contribution in [0.5, 0.6) is 5.75 Å². The van der Waals surface area contributed by atoms with Crippen molar-refractivity contribution >= 4 is 62.7 Å². The molecule has 0 bridgehead atoms. The Hall–Kier alpha value is -2.94.